The third kappa shape index (κ3) is 1.48. The summed E-state index contributed by atoms with van der Waals surface area (Å²) in [4.78, 5) is 0. The molecule has 14 heavy (non-hydrogen) atoms. The molecule has 1 saturated carbocycles. The zero-order valence-electron chi connectivity index (χ0n) is 7.91. The molecule has 0 amide bonds. The highest BCUT2D eigenvalue weighted by Crippen LogP contribution is 2.36. The molecule has 0 aromatic heterocycles. The second-order valence-corrected chi connectivity index (χ2v) is 3.88. The van der Waals surface area contributed by atoms with E-state index in [4.69, 9.17) is 5.73 Å². The van der Waals surface area contributed by atoms with E-state index < -0.39 is 5.82 Å². The largest absolute Gasteiger partial charge is 0.505 e. The number of aromatic hydroxyl groups is 1. The zero-order valence-corrected chi connectivity index (χ0v) is 7.91. The standard InChI is InChI=1S/C11H14FNO/c12-11-8(4-2-6-10(11)14)7-3-1-5-9(7)13/h2,4,6-7,9,14H,1,3,5,13H2. The van der Waals surface area contributed by atoms with Crippen molar-refractivity contribution in [2.75, 3.05) is 0 Å². The average molecular weight is 195 g/mol. The van der Waals surface area contributed by atoms with Crippen molar-refractivity contribution < 1.29 is 9.50 Å². The van der Waals surface area contributed by atoms with Gasteiger partial charge >= 0.3 is 0 Å². The maximum Gasteiger partial charge on any atom is 0.168 e. The van der Waals surface area contributed by atoms with Crippen LogP contribution >= 0.6 is 0 Å². The predicted molar refractivity (Wildman–Crippen MR) is 52.6 cm³/mol. The van der Waals surface area contributed by atoms with Crippen molar-refractivity contribution in [2.45, 2.75) is 31.2 Å². The van der Waals surface area contributed by atoms with Gasteiger partial charge in [0, 0.05) is 12.0 Å². The van der Waals surface area contributed by atoms with Crippen LogP contribution in [0.15, 0.2) is 18.2 Å². The molecule has 76 valence electrons. The van der Waals surface area contributed by atoms with Crippen LogP contribution in [-0.4, -0.2) is 11.1 Å². The van der Waals surface area contributed by atoms with Crippen molar-refractivity contribution in [3.05, 3.63) is 29.6 Å². The Morgan fingerprint density at radius 1 is 1.36 bits per heavy atom. The first kappa shape index (κ1) is 9.46. The van der Waals surface area contributed by atoms with Gasteiger partial charge in [-0.15, -0.1) is 0 Å². The third-order valence-corrected chi connectivity index (χ3v) is 2.98. The summed E-state index contributed by atoms with van der Waals surface area (Å²) in [5, 5.41) is 9.23. The van der Waals surface area contributed by atoms with E-state index >= 15 is 0 Å². The Balaban J connectivity index is 2.36. The topological polar surface area (TPSA) is 46.2 Å². The van der Waals surface area contributed by atoms with Crippen LogP contribution in [0.2, 0.25) is 0 Å². The van der Waals surface area contributed by atoms with Gasteiger partial charge in [-0.1, -0.05) is 18.6 Å². The lowest BCUT2D eigenvalue weighted by Gasteiger charge is -2.16. The zero-order chi connectivity index (χ0) is 10.1. The highest BCUT2D eigenvalue weighted by atomic mass is 19.1. The first-order chi connectivity index (χ1) is 6.70. The summed E-state index contributed by atoms with van der Waals surface area (Å²) in [5.41, 5.74) is 6.45. The number of benzene rings is 1. The van der Waals surface area contributed by atoms with E-state index in [0.29, 0.717) is 5.56 Å². The second-order valence-electron chi connectivity index (χ2n) is 3.88. The second kappa shape index (κ2) is 3.58. The highest BCUT2D eigenvalue weighted by molar-refractivity contribution is 5.33. The molecule has 3 N–H and O–H groups in total. The van der Waals surface area contributed by atoms with Crippen molar-refractivity contribution in [1.82, 2.24) is 0 Å². The third-order valence-electron chi connectivity index (χ3n) is 2.98. The van der Waals surface area contributed by atoms with Crippen LogP contribution in [0, 0.1) is 5.82 Å². The summed E-state index contributed by atoms with van der Waals surface area (Å²) in [6.45, 7) is 0. The van der Waals surface area contributed by atoms with Gasteiger partial charge in [-0.2, -0.15) is 0 Å². The Bertz CT molecular complexity index is 340. The summed E-state index contributed by atoms with van der Waals surface area (Å²) < 4.78 is 13.5. The summed E-state index contributed by atoms with van der Waals surface area (Å²) in [6, 6.07) is 4.77. The van der Waals surface area contributed by atoms with Crippen molar-refractivity contribution >= 4 is 0 Å². The Labute approximate surface area is 82.5 Å². The van der Waals surface area contributed by atoms with E-state index in [-0.39, 0.29) is 17.7 Å². The lowest BCUT2D eigenvalue weighted by atomic mass is 9.94. The number of halogens is 1. The quantitative estimate of drug-likeness (QED) is 0.721. The highest BCUT2D eigenvalue weighted by Gasteiger charge is 2.28. The van der Waals surface area contributed by atoms with Gasteiger partial charge in [0.25, 0.3) is 0 Å². The van der Waals surface area contributed by atoms with Gasteiger partial charge in [0.1, 0.15) is 0 Å². The van der Waals surface area contributed by atoms with Gasteiger partial charge in [0.05, 0.1) is 0 Å². The van der Waals surface area contributed by atoms with Crippen molar-refractivity contribution in [3.63, 3.8) is 0 Å². The summed E-state index contributed by atoms with van der Waals surface area (Å²) in [5.74, 6) is -0.710. The summed E-state index contributed by atoms with van der Waals surface area (Å²) >= 11 is 0. The van der Waals surface area contributed by atoms with Gasteiger partial charge in [-0.05, 0) is 24.5 Å². The minimum Gasteiger partial charge on any atom is -0.505 e. The van der Waals surface area contributed by atoms with Gasteiger partial charge < -0.3 is 10.8 Å². The Morgan fingerprint density at radius 3 is 2.79 bits per heavy atom. The number of rotatable bonds is 1. The van der Waals surface area contributed by atoms with E-state index in [1.54, 1.807) is 12.1 Å². The van der Waals surface area contributed by atoms with Crippen LogP contribution in [0.1, 0.15) is 30.7 Å². The molecule has 0 radical (unpaired) electrons. The van der Waals surface area contributed by atoms with Crippen LogP contribution < -0.4 is 5.73 Å². The molecular weight excluding hydrogens is 181 g/mol. The van der Waals surface area contributed by atoms with E-state index in [0.717, 1.165) is 19.3 Å². The fourth-order valence-electron chi connectivity index (χ4n) is 2.20. The molecule has 1 aliphatic carbocycles. The Morgan fingerprint density at radius 2 is 2.14 bits per heavy atom. The maximum absolute atomic E-state index is 13.5. The number of phenols is 1. The lowest BCUT2D eigenvalue weighted by molar-refractivity contribution is 0.422. The molecule has 2 nitrogen and oxygen atoms in total. The molecule has 3 heteroatoms. The van der Waals surface area contributed by atoms with Gasteiger partial charge in [0.2, 0.25) is 0 Å². The van der Waals surface area contributed by atoms with Gasteiger partial charge in [-0.25, -0.2) is 4.39 Å². The minimum atomic E-state index is -0.505. The number of nitrogens with two attached hydrogens (primary N) is 1. The van der Waals surface area contributed by atoms with Crippen molar-refractivity contribution in [3.8, 4) is 5.75 Å². The van der Waals surface area contributed by atoms with E-state index in [9.17, 15) is 9.50 Å². The maximum atomic E-state index is 13.5. The van der Waals surface area contributed by atoms with Gasteiger partial charge in [-0.3, -0.25) is 0 Å². The molecule has 2 unspecified atom stereocenters. The van der Waals surface area contributed by atoms with Crippen LogP contribution in [-0.2, 0) is 0 Å². The fourth-order valence-corrected chi connectivity index (χ4v) is 2.20. The fraction of sp³-hybridized carbons (Fsp3) is 0.455. The molecule has 0 saturated heterocycles. The molecule has 1 fully saturated rings. The molecule has 0 aliphatic heterocycles. The number of phenolic OH excluding ortho intramolecular Hbond substituents is 1. The van der Waals surface area contributed by atoms with E-state index in [1.165, 1.54) is 6.07 Å². The first-order valence-electron chi connectivity index (χ1n) is 4.93. The molecule has 1 aromatic rings. The van der Waals surface area contributed by atoms with Crippen molar-refractivity contribution in [2.24, 2.45) is 5.73 Å². The summed E-state index contributed by atoms with van der Waals surface area (Å²) in [6.07, 6.45) is 2.90. The number of hydrogen-bond acceptors (Lipinski definition) is 2. The molecule has 2 atom stereocenters. The first-order valence-corrected chi connectivity index (χ1v) is 4.93. The van der Waals surface area contributed by atoms with Crippen LogP contribution in [0.5, 0.6) is 5.75 Å². The Kier molecular flexibility index (Phi) is 2.42. The molecule has 1 aliphatic rings. The molecule has 0 bridgehead atoms. The van der Waals surface area contributed by atoms with E-state index in [1.807, 2.05) is 0 Å². The molecule has 0 heterocycles. The van der Waals surface area contributed by atoms with Gasteiger partial charge in [0.15, 0.2) is 11.6 Å². The molecule has 0 spiro atoms. The van der Waals surface area contributed by atoms with Crippen LogP contribution in [0.3, 0.4) is 0 Å². The number of hydrogen-bond donors (Lipinski definition) is 2. The smallest absolute Gasteiger partial charge is 0.168 e. The SMILES string of the molecule is NC1CCCC1c1cccc(O)c1F. The predicted octanol–water partition coefficient (Wildman–Crippen LogP) is 2.13. The molecular formula is C11H14FNO. The molecule has 1 aromatic carbocycles. The normalized spacial score (nSPS) is 26.7. The van der Waals surface area contributed by atoms with Crippen LogP contribution in [0.25, 0.3) is 0 Å². The lowest BCUT2D eigenvalue weighted by Crippen LogP contribution is -2.23. The minimum absolute atomic E-state index is 0.0336. The van der Waals surface area contributed by atoms with Crippen molar-refractivity contribution in [1.29, 1.82) is 0 Å². The molecule has 2 rings (SSSR count). The average Bonchev–Trinajstić information content (AvgIpc) is 2.57. The summed E-state index contributed by atoms with van der Waals surface area (Å²) in [7, 11) is 0. The van der Waals surface area contributed by atoms with Crippen LogP contribution in [0.4, 0.5) is 4.39 Å². The van der Waals surface area contributed by atoms with E-state index in [2.05, 4.69) is 0 Å². The monoisotopic (exact) mass is 195 g/mol. The Hall–Kier alpha value is -1.09.